The molecule has 0 radical (unpaired) electrons. The Kier molecular flexibility index (Phi) is 10.1. The Morgan fingerprint density at radius 3 is 2.36 bits per heavy atom. The summed E-state index contributed by atoms with van der Waals surface area (Å²) in [5.41, 5.74) is 0. The molecule has 0 fully saturated rings. The Morgan fingerprint density at radius 2 is 1.79 bits per heavy atom. The van der Waals surface area contributed by atoms with Gasteiger partial charge in [-0.1, -0.05) is 40.5 Å². The second kappa shape index (κ2) is 9.85. The van der Waals surface area contributed by atoms with Crippen LogP contribution in [-0.2, 0) is 0 Å². The van der Waals surface area contributed by atoms with E-state index in [9.17, 15) is 0 Å². The molecule has 0 aromatic heterocycles. The van der Waals surface area contributed by atoms with Crippen LogP contribution in [0.2, 0.25) is 0 Å². The van der Waals surface area contributed by atoms with Crippen molar-refractivity contribution in [2.45, 2.75) is 52.2 Å². The quantitative estimate of drug-likeness (QED) is 0.593. The van der Waals surface area contributed by atoms with Crippen molar-refractivity contribution < 1.29 is 0 Å². The highest BCUT2D eigenvalue weighted by Crippen LogP contribution is 2.12. The molecular weight excluding hydrogens is 190 g/mol. The second-order valence-corrected chi connectivity index (χ2v) is 5.99. The summed E-state index contributed by atoms with van der Waals surface area (Å²) in [5, 5.41) is 4.27. The SMILES string of the molecule is CCCCCSC(C)CNCC(C)C. The lowest BCUT2D eigenvalue weighted by Crippen LogP contribution is -2.26. The molecule has 0 rings (SSSR count). The van der Waals surface area contributed by atoms with E-state index in [1.54, 1.807) is 0 Å². The van der Waals surface area contributed by atoms with Gasteiger partial charge in [0.25, 0.3) is 0 Å². The van der Waals surface area contributed by atoms with Crippen LogP contribution in [0, 0.1) is 5.92 Å². The molecule has 0 aromatic rings. The molecule has 14 heavy (non-hydrogen) atoms. The minimum absolute atomic E-state index is 0.769. The third kappa shape index (κ3) is 10.4. The smallest absolute Gasteiger partial charge is 0.0144 e. The molecule has 2 heteroatoms. The number of rotatable bonds is 9. The fraction of sp³-hybridized carbons (Fsp3) is 1.00. The Hall–Kier alpha value is 0.310. The standard InChI is InChI=1S/C12H27NS/c1-5-6-7-8-14-12(4)10-13-9-11(2)3/h11-13H,5-10H2,1-4H3. The lowest BCUT2D eigenvalue weighted by Gasteiger charge is -2.13. The average Bonchev–Trinajstić information content (AvgIpc) is 2.12. The minimum Gasteiger partial charge on any atom is -0.315 e. The van der Waals surface area contributed by atoms with Gasteiger partial charge in [-0.25, -0.2) is 0 Å². The van der Waals surface area contributed by atoms with Crippen molar-refractivity contribution in [3.63, 3.8) is 0 Å². The molecular formula is C12H27NS. The number of unbranched alkanes of at least 4 members (excludes halogenated alkanes) is 2. The monoisotopic (exact) mass is 217 g/mol. The molecule has 1 N–H and O–H groups in total. The average molecular weight is 217 g/mol. The van der Waals surface area contributed by atoms with Crippen molar-refractivity contribution in [3.8, 4) is 0 Å². The van der Waals surface area contributed by atoms with E-state index in [2.05, 4.69) is 44.8 Å². The van der Waals surface area contributed by atoms with Gasteiger partial charge < -0.3 is 5.32 Å². The number of hydrogen-bond donors (Lipinski definition) is 1. The van der Waals surface area contributed by atoms with Crippen LogP contribution >= 0.6 is 11.8 Å². The first-order valence-corrected chi connectivity index (χ1v) is 7.04. The van der Waals surface area contributed by atoms with E-state index >= 15 is 0 Å². The van der Waals surface area contributed by atoms with Crippen LogP contribution in [0.25, 0.3) is 0 Å². The largest absolute Gasteiger partial charge is 0.315 e. The molecule has 0 aliphatic heterocycles. The van der Waals surface area contributed by atoms with Gasteiger partial charge in [0.15, 0.2) is 0 Å². The van der Waals surface area contributed by atoms with Crippen LogP contribution in [0.1, 0.15) is 47.0 Å². The number of hydrogen-bond acceptors (Lipinski definition) is 2. The van der Waals surface area contributed by atoms with E-state index in [0.29, 0.717) is 0 Å². The van der Waals surface area contributed by atoms with Crippen molar-refractivity contribution in [2.24, 2.45) is 5.92 Å². The molecule has 0 aliphatic carbocycles. The van der Waals surface area contributed by atoms with Crippen molar-refractivity contribution in [1.29, 1.82) is 0 Å². The zero-order valence-electron chi connectivity index (χ0n) is 10.3. The minimum atomic E-state index is 0.769. The molecule has 0 saturated carbocycles. The van der Waals surface area contributed by atoms with Gasteiger partial charge in [-0.3, -0.25) is 0 Å². The number of nitrogens with one attached hydrogen (secondary N) is 1. The van der Waals surface area contributed by atoms with E-state index in [0.717, 1.165) is 24.3 Å². The van der Waals surface area contributed by atoms with E-state index in [4.69, 9.17) is 0 Å². The normalized spacial score (nSPS) is 13.5. The highest BCUT2D eigenvalue weighted by Gasteiger charge is 2.01. The maximum atomic E-state index is 3.50. The third-order valence-corrected chi connectivity index (χ3v) is 3.39. The van der Waals surface area contributed by atoms with Gasteiger partial charge in [0.2, 0.25) is 0 Å². The summed E-state index contributed by atoms with van der Waals surface area (Å²) in [6, 6.07) is 0. The van der Waals surface area contributed by atoms with Gasteiger partial charge >= 0.3 is 0 Å². The van der Waals surface area contributed by atoms with Crippen LogP contribution in [0.3, 0.4) is 0 Å². The summed E-state index contributed by atoms with van der Waals surface area (Å²) in [5.74, 6) is 2.10. The lowest BCUT2D eigenvalue weighted by molar-refractivity contribution is 0.553. The van der Waals surface area contributed by atoms with Crippen LogP contribution in [0.15, 0.2) is 0 Å². The van der Waals surface area contributed by atoms with Gasteiger partial charge in [0.05, 0.1) is 0 Å². The van der Waals surface area contributed by atoms with Crippen LogP contribution in [0.5, 0.6) is 0 Å². The molecule has 1 atom stereocenters. The topological polar surface area (TPSA) is 12.0 Å². The molecule has 86 valence electrons. The van der Waals surface area contributed by atoms with E-state index in [1.807, 2.05) is 0 Å². The Balaban J connectivity index is 3.15. The van der Waals surface area contributed by atoms with Crippen LogP contribution < -0.4 is 5.32 Å². The Morgan fingerprint density at radius 1 is 1.07 bits per heavy atom. The molecule has 1 nitrogen and oxygen atoms in total. The van der Waals surface area contributed by atoms with Gasteiger partial charge in [0.1, 0.15) is 0 Å². The van der Waals surface area contributed by atoms with Crippen molar-refractivity contribution in [2.75, 3.05) is 18.8 Å². The highest BCUT2D eigenvalue weighted by molar-refractivity contribution is 7.99. The van der Waals surface area contributed by atoms with Crippen molar-refractivity contribution in [1.82, 2.24) is 5.32 Å². The predicted octanol–water partition coefficient (Wildman–Crippen LogP) is 3.54. The zero-order valence-corrected chi connectivity index (χ0v) is 11.1. The first kappa shape index (κ1) is 14.3. The Labute approximate surface area is 94.4 Å². The highest BCUT2D eigenvalue weighted by atomic mass is 32.2. The van der Waals surface area contributed by atoms with Gasteiger partial charge in [-0.05, 0) is 24.6 Å². The molecule has 0 saturated heterocycles. The maximum Gasteiger partial charge on any atom is 0.0144 e. The molecule has 0 aromatic carbocycles. The van der Waals surface area contributed by atoms with E-state index in [-0.39, 0.29) is 0 Å². The molecule has 0 amide bonds. The first-order chi connectivity index (χ1) is 6.66. The summed E-state index contributed by atoms with van der Waals surface area (Å²) in [6.45, 7) is 11.4. The summed E-state index contributed by atoms with van der Waals surface area (Å²) in [4.78, 5) is 0. The summed E-state index contributed by atoms with van der Waals surface area (Å²) >= 11 is 2.11. The van der Waals surface area contributed by atoms with E-state index in [1.165, 1.54) is 25.0 Å². The fourth-order valence-electron chi connectivity index (χ4n) is 1.27. The van der Waals surface area contributed by atoms with Crippen molar-refractivity contribution in [3.05, 3.63) is 0 Å². The lowest BCUT2D eigenvalue weighted by atomic mass is 10.2. The fourth-order valence-corrected chi connectivity index (χ4v) is 2.28. The van der Waals surface area contributed by atoms with Gasteiger partial charge in [0, 0.05) is 11.8 Å². The van der Waals surface area contributed by atoms with E-state index < -0.39 is 0 Å². The second-order valence-electron chi connectivity index (χ2n) is 4.44. The summed E-state index contributed by atoms with van der Waals surface area (Å²) in [6.07, 6.45) is 4.11. The number of thioether (sulfide) groups is 1. The molecule has 0 heterocycles. The van der Waals surface area contributed by atoms with Crippen LogP contribution in [0.4, 0.5) is 0 Å². The first-order valence-electron chi connectivity index (χ1n) is 5.99. The molecule has 0 aliphatic rings. The molecule has 0 spiro atoms. The predicted molar refractivity (Wildman–Crippen MR) is 69.2 cm³/mol. The summed E-state index contributed by atoms with van der Waals surface area (Å²) in [7, 11) is 0. The maximum absolute atomic E-state index is 3.50. The zero-order chi connectivity index (χ0) is 10.8. The molecule has 1 unspecified atom stereocenters. The Bertz CT molecular complexity index is 115. The van der Waals surface area contributed by atoms with Crippen LogP contribution in [-0.4, -0.2) is 24.1 Å². The summed E-state index contributed by atoms with van der Waals surface area (Å²) < 4.78 is 0. The van der Waals surface area contributed by atoms with Crippen molar-refractivity contribution >= 4 is 11.8 Å². The van der Waals surface area contributed by atoms with Gasteiger partial charge in [-0.15, -0.1) is 0 Å². The third-order valence-electron chi connectivity index (χ3n) is 2.13. The van der Waals surface area contributed by atoms with Gasteiger partial charge in [-0.2, -0.15) is 11.8 Å². The molecule has 0 bridgehead atoms.